The van der Waals surface area contributed by atoms with Crippen molar-refractivity contribution in [3.05, 3.63) is 53.3 Å². The van der Waals surface area contributed by atoms with E-state index in [1.54, 1.807) is 4.68 Å². The van der Waals surface area contributed by atoms with Gasteiger partial charge in [0.25, 0.3) is 5.91 Å². The predicted octanol–water partition coefficient (Wildman–Crippen LogP) is 3.85. The molecule has 0 radical (unpaired) electrons. The van der Waals surface area contributed by atoms with Gasteiger partial charge in [-0.25, -0.2) is 9.67 Å². The van der Waals surface area contributed by atoms with Gasteiger partial charge in [0.15, 0.2) is 12.3 Å². The third-order valence-electron chi connectivity index (χ3n) is 6.33. The fraction of sp³-hybridized carbons (Fsp3) is 0.375. The van der Waals surface area contributed by atoms with Crippen LogP contribution in [0.5, 0.6) is 5.88 Å². The summed E-state index contributed by atoms with van der Waals surface area (Å²) in [6, 6.07) is 10.4. The van der Waals surface area contributed by atoms with Gasteiger partial charge in [-0.1, -0.05) is 18.2 Å². The minimum absolute atomic E-state index is 0.00280. The Morgan fingerprint density at radius 2 is 2.00 bits per heavy atom. The van der Waals surface area contributed by atoms with Crippen LogP contribution in [0.2, 0.25) is 0 Å². The highest BCUT2D eigenvalue weighted by Crippen LogP contribution is 2.33. The quantitative estimate of drug-likeness (QED) is 0.547. The maximum absolute atomic E-state index is 12.8. The molecule has 160 valence electrons. The van der Waals surface area contributed by atoms with Crippen LogP contribution < -0.4 is 4.74 Å². The number of benzene rings is 1. The number of H-pyrrole nitrogens is 1. The number of carbonyl (C=O) groups excluding carboxylic acids is 1. The number of ether oxygens (including phenoxy) is 1. The number of piperidine rings is 1. The molecule has 0 unspecified atom stereocenters. The number of amides is 1. The number of aromatic nitrogens is 4. The Balaban J connectivity index is 1.23. The number of fused-ring (bicyclic) bond motifs is 2. The monoisotopic (exact) mass is 417 g/mol. The number of hydrogen-bond acceptors (Lipinski definition) is 4. The molecular formula is C24H27N5O2. The Morgan fingerprint density at radius 3 is 2.81 bits per heavy atom. The molecule has 0 saturated carbocycles. The molecule has 3 aromatic heterocycles. The smallest absolute Gasteiger partial charge is 0.260 e. The van der Waals surface area contributed by atoms with Crippen molar-refractivity contribution in [1.82, 2.24) is 24.6 Å². The van der Waals surface area contributed by atoms with E-state index >= 15 is 0 Å². The van der Waals surface area contributed by atoms with Gasteiger partial charge in [0, 0.05) is 42.9 Å². The summed E-state index contributed by atoms with van der Waals surface area (Å²) in [5.41, 5.74) is 5.30. The van der Waals surface area contributed by atoms with E-state index in [0.717, 1.165) is 48.2 Å². The molecule has 0 atom stereocenters. The number of nitrogens with one attached hydrogen (secondary N) is 1. The second-order valence-electron chi connectivity index (χ2n) is 8.44. The van der Waals surface area contributed by atoms with E-state index in [1.807, 2.05) is 37.9 Å². The van der Waals surface area contributed by atoms with Crippen molar-refractivity contribution >= 4 is 27.8 Å². The van der Waals surface area contributed by atoms with Crippen molar-refractivity contribution in [3.8, 4) is 5.88 Å². The van der Waals surface area contributed by atoms with Crippen LogP contribution >= 0.6 is 0 Å². The van der Waals surface area contributed by atoms with Gasteiger partial charge in [-0.05, 0) is 55.9 Å². The molecule has 31 heavy (non-hydrogen) atoms. The average Bonchev–Trinajstić information content (AvgIpc) is 3.33. The van der Waals surface area contributed by atoms with E-state index in [1.165, 1.54) is 16.5 Å². The Labute approximate surface area is 181 Å². The van der Waals surface area contributed by atoms with Crippen molar-refractivity contribution in [2.24, 2.45) is 7.05 Å². The first-order chi connectivity index (χ1) is 15.0. The van der Waals surface area contributed by atoms with Crippen molar-refractivity contribution in [3.63, 3.8) is 0 Å². The van der Waals surface area contributed by atoms with Gasteiger partial charge in [0.05, 0.1) is 5.39 Å². The van der Waals surface area contributed by atoms with Crippen LogP contribution in [-0.2, 0) is 11.8 Å². The molecule has 0 aliphatic carbocycles. The van der Waals surface area contributed by atoms with Gasteiger partial charge in [-0.15, -0.1) is 5.10 Å². The molecule has 7 heteroatoms. The second-order valence-corrected chi connectivity index (χ2v) is 8.44. The maximum Gasteiger partial charge on any atom is 0.260 e. The second kappa shape index (κ2) is 7.72. The summed E-state index contributed by atoms with van der Waals surface area (Å²) in [6.07, 6.45) is 4.05. The highest BCUT2D eigenvalue weighted by atomic mass is 16.5. The standard InChI is InChI=1S/C24H27N5O2/c1-15-12-16(2)26-23-22(15)24(27-28(23)3)31-14-21(30)29-10-8-17(9-11-29)19-13-25-20-7-5-4-6-18(19)20/h4-7,12-13,17,25H,8-11,14H2,1-3H3. The molecule has 7 nitrogen and oxygen atoms in total. The lowest BCUT2D eigenvalue weighted by Gasteiger charge is -2.31. The topological polar surface area (TPSA) is 76.0 Å². The molecular weight excluding hydrogens is 390 g/mol. The number of nitrogens with zero attached hydrogens (tertiary/aromatic N) is 4. The molecule has 1 aliphatic rings. The summed E-state index contributed by atoms with van der Waals surface area (Å²) in [6.45, 7) is 5.47. The normalized spacial score (nSPS) is 15.1. The Kier molecular flexibility index (Phi) is 4.88. The molecule has 1 fully saturated rings. The average molecular weight is 418 g/mol. The summed E-state index contributed by atoms with van der Waals surface area (Å²) in [7, 11) is 1.85. The van der Waals surface area contributed by atoms with Crippen molar-refractivity contribution < 1.29 is 9.53 Å². The third kappa shape index (κ3) is 3.54. The van der Waals surface area contributed by atoms with Crippen LogP contribution in [0.25, 0.3) is 21.9 Å². The molecule has 1 amide bonds. The number of rotatable bonds is 4. The minimum atomic E-state index is -0.00280. The molecule has 0 bridgehead atoms. The van der Waals surface area contributed by atoms with E-state index in [4.69, 9.17) is 4.74 Å². The zero-order chi connectivity index (χ0) is 21.5. The molecule has 1 N–H and O–H groups in total. The van der Waals surface area contributed by atoms with Crippen LogP contribution in [0.15, 0.2) is 36.5 Å². The number of pyridine rings is 1. The van der Waals surface area contributed by atoms with Crippen LogP contribution in [0.1, 0.15) is 35.6 Å². The Hall–Kier alpha value is -3.35. The predicted molar refractivity (Wildman–Crippen MR) is 120 cm³/mol. The fourth-order valence-corrected chi connectivity index (χ4v) is 4.74. The zero-order valence-electron chi connectivity index (χ0n) is 18.2. The molecule has 1 saturated heterocycles. The maximum atomic E-state index is 12.8. The summed E-state index contributed by atoms with van der Waals surface area (Å²) in [4.78, 5) is 22.6. The molecule has 5 rings (SSSR count). The summed E-state index contributed by atoms with van der Waals surface area (Å²) < 4.78 is 7.57. The number of para-hydroxylation sites is 1. The van der Waals surface area contributed by atoms with Gasteiger partial charge < -0.3 is 14.6 Å². The first-order valence-corrected chi connectivity index (χ1v) is 10.8. The molecule has 1 aliphatic heterocycles. The SMILES string of the molecule is Cc1cc(C)c2c(OCC(=O)N3CCC(c4c[nH]c5ccccc45)CC3)nn(C)c2n1. The Morgan fingerprint density at radius 1 is 1.23 bits per heavy atom. The van der Waals surface area contributed by atoms with Crippen molar-refractivity contribution in [1.29, 1.82) is 0 Å². The van der Waals surface area contributed by atoms with Gasteiger partial charge in [0.2, 0.25) is 5.88 Å². The lowest BCUT2D eigenvalue weighted by molar-refractivity contribution is -0.134. The molecule has 1 aromatic carbocycles. The van der Waals surface area contributed by atoms with E-state index in [2.05, 4.69) is 39.5 Å². The molecule has 4 heterocycles. The highest BCUT2D eigenvalue weighted by molar-refractivity contribution is 5.86. The molecule has 0 spiro atoms. The van der Waals surface area contributed by atoms with Gasteiger partial charge in [-0.2, -0.15) is 0 Å². The lowest BCUT2D eigenvalue weighted by atomic mass is 9.89. The van der Waals surface area contributed by atoms with Crippen LogP contribution in [0.4, 0.5) is 0 Å². The van der Waals surface area contributed by atoms with E-state index in [9.17, 15) is 4.79 Å². The summed E-state index contributed by atoms with van der Waals surface area (Å²) in [5, 5.41) is 6.60. The van der Waals surface area contributed by atoms with E-state index in [0.29, 0.717) is 11.8 Å². The van der Waals surface area contributed by atoms with E-state index in [-0.39, 0.29) is 12.5 Å². The number of hydrogen-bond donors (Lipinski definition) is 1. The van der Waals surface area contributed by atoms with Crippen LogP contribution in [0.3, 0.4) is 0 Å². The van der Waals surface area contributed by atoms with Crippen molar-refractivity contribution in [2.45, 2.75) is 32.6 Å². The number of aryl methyl sites for hydroxylation is 3. The fourth-order valence-electron chi connectivity index (χ4n) is 4.74. The first-order valence-electron chi connectivity index (χ1n) is 10.8. The number of carbonyl (C=O) groups is 1. The lowest BCUT2D eigenvalue weighted by Crippen LogP contribution is -2.40. The van der Waals surface area contributed by atoms with Crippen LogP contribution in [0, 0.1) is 13.8 Å². The van der Waals surface area contributed by atoms with Gasteiger partial charge >= 0.3 is 0 Å². The Bertz CT molecular complexity index is 1260. The summed E-state index contributed by atoms with van der Waals surface area (Å²) in [5.74, 6) is 0.955. The summed E-state index contributed by atoms with van der Waals surface area (Å²) >= 11 is 0. The van der Waals surface area contributed by atoms with Gasteiger partial charge in [-0.3, -0.25) is 4.79 Å². The van der Waals surface area contributed by atoms with E-state index < -0.39 is 0 Å². The highest BCUT2D eigenvalue weighted by Gasteiger charge is 2.26. The van der Waals surface area contributed by atoms with Crippen molar-refractivity contribution in [2.75, 3.05) is 19.7 Å². The number of likely N-dealkylation sites (tertiary alicyclic amines) is 1. The van der Waals surface area contributed by atoms with Gasteiger partial charge in [0.1, 0.15) is 0 Å². The van der Waals surface area contributed by atoms with Crippen LogP contribution in [-0.4, -0.2) is 50.3 Å². The minimum Gasteiger partial charge on any atom is -0.466 e. The molecule has 4 aromatic rings. The zero-order valence-corrected chi connectivity index (χ0v) is 18.2. The third-order valence-corrected chi connectivity index (χ3v) is 6.33. The largest absolute Gasteiger partial charge is 0.466 e. The first kappa shape index (κ1) is 19.6. The number of aromatic amines is 1.